The number of imidazole rings is 1. The van der Waals surface area contributed by atoms with Gasteiger partial charge in [0.15, 0.2) is 0 Å². The van der Waals surface area contributed by atoms with E-state index in [1.807, 2.05) is 12.4 Å². The lowest BCUT2D eigenvalue weighted by Gasteiger charge is -2.29. The summed E-state index contributed by atoms with van der Waals surface area (Å²) in [4.78, 5) is 11.7. The number of hydrogen-bond acceptors (Lipinski definition) is 3. The van der Waals surface area contributed by atoms with E-state index >= 15 is 0 Å². The third-order valence-electron chi connectivity index (χ3n) is 4.08. The Balaban J connectivity index is 1.89. The molecule has 4 nitrogen and oxygen atoms in total. The Kier molecular flexibility index (Phi) is 3.83. The molecule has 0 aromatic carbocycles. The summed E-state index contributed by atoms with van der Waals surface area (Å²) in [5, 5.41) is 0. The lowest BCUT2D eigenvalue weighted by atomic mass is 9.95. The van der Waals surface area contributed by atoms with Crippen LogP contribution in [-0.2, 0) is 6.42 Å². The number of pyridine rings is 1. The van der Waals surface area contributed by atoms with Crippen molar-refractivity contribution in [2.24, 2.45) is 0 Å². The van der Waals surface area contributed by atoms with Gasteiger partial charge in [0.2, 0.25) is 0 Å². The summed E-state index contributed by atoms with van der Waals surface area (Å²) in [6.07, 6.45) is 7.27. The molecular formula is C16H22N4. The number of aromatic nitrogens is 3. The van der Waals surface area contributed by atoms with E-state index in [0.717, 1.165) is 24.6 Å². The fraction of sp³-hybridized carbons (Fsp3) is 0.500. The van der Waals surface area contributed by atoms with Gasteiger partial charge in [0.25, 0.3) is 0 Å². The Morgan fingerprint density at radius 2 is 2.25 bits per heavy atom. The van der Waals surface area contributed by atoms with Gasteiger partial charge in [-0.1, -0.05) is 13.0 Å². The normalized spacial score (nSPS) is 20.2. The summed E-state index contributed by atoms with van der Waals surface area (Å²) in [6, 6.07) is 6.35. The van der Waals surface area contributed by atoms with Crippen molar-refractivity contribution < 1.29 is 0 Å². The van der Waals surface area contributed by atoms with Crippen molar-refractivity contribution in [1.29, 1.82) is 0 Å². The molecule has 1 aliphatic heterocycles. The first-order valence-corrected chi connectivity index (χ1v) is 7.46. The van der Waals surface area contributed by atoms with E-state index in [2.05, 4.69) is 46.6 Å². The first-order chi connectivity index (χ1) is 9.78. The summed E-state index contributed by atoms with van der Waals surface area (Å²) in [7, 11) is 2.20. The highest BCUT2D eigenvalue weighted by Crippen LogP contribution is 2.25. The van der Waals surface area contributed by atoms with Crippen molar-refractivity contribution in [2.45, 2.75) is 32.1 Å². The fourth-order valence-corrected chi connectivity index (χ4v) is 3.01. The minimum absolute atomic E-state index is 0.558. The summed E-state index contributed by atoms with van der Waals surface area (Å²) in [6.45, 7) is 4.44. The van der Waals surface area contributed by atoms with Crippen LogP contribution in [0.4, 0.5) is 0 Å². The van der Waals surface area contributed by atoms with Crippen LogP contribution in [0, 0.1) is 0 Å². The highest BCUT2D eigenvalue weighted by atomic mass is 15.1. The van der Waals surface area contributed by atoms with Crippen LogP contribution in [0.3, 0.4) is 0 Å². The number of nitrogens with zero attached hydrogens (tertiary/aromatic N) is 4. The van der Waals surface area contributed by atoms with Crippen molar-refractivity contribution in [3.8, 4) is 5.82 Å². The van der Waals surface area contributed by atoms with Crippen LogP contribution in [-0.4, -0.2) is 39.6 Å². The SMILES string of the molecule is CCc1nccn1-c1cccc(C2CCCN(C)C2)n1. The molecule has 1 fully saturated rings. The molecule has 0 amide bonds. The Morgan fingerprint density at radius 1 is 1.35 bits per heavy atom. The molecule has 0 saturated carbocycles. The lowest BCUT2D eigenvalue weighted by Crippen LogP contribution is -2.31. The zero-order valence-corrected chi connectivity index (χ0v) is 12.3. The predicted octanol–water partition coefficient (Wildman–Crippen LogP) is 2.64. The molecular weight excluding hydrogens is 248 g/mol. The lowest BCUT2D eigenvalue weighted by molar-refractivity contribution is 0.248. The Morgan fingerprint density at radius 3 is 3.05 bits per heavy atom. The highest BCUT2D eigenvalue weighted by Gasteiger charge is 2.20. The molecule has 3 rings (SSSR count). The van der Waals surface area contributed by atoms with Gasteiger partial charge in [0.05, 0.1) is 0 Å². The smallest absolute Gasteiger partial charge is 0.138 e. The number of piperidine rings is 1. The van der Waals surface area contributed by atoms with Crippen LogP contribution < -0.4 is 0 Å². The molecule has 3 heterocycles. The molecule has 1 aliphatic rings. The molecule has 0 N–H and O–H groups in total. The molecule has 1 saturated heterocycles. The van der Waals surface area contributed by atoms with Crippen LogP contribution in [0.1, 0.15) is 37.2 Å². The maximum Gasteiger partial charge on any atom is 0.138 e. The maximum absolute atomic E-state index is 4.88. The second kappa shape index (κ2) is 5.75. The number of rotatable bonds is 3. The first kappa shape index (κ1) is 13.3. The predicted molar refractivity (Wildman–Crippen MR) is 80.2 cm³/mol. The number of aryl methyl sites for hydroxylation is 1. The monoisotopic (exact) mass is 270 g/mol. The quantitative estimate of drug-likeness (QED) is 0.860. The molecule has 106 valence electrons. The van der Waals surface area contributed by atoms with E-state index in [1.54, 1.807) is 0 Å². The first-order valence-electron chi connectivity index (χ1n) is 7.46. The summed E-state index contributed by atoms with van der Waals surface area (Å²) < 4.78 is 2.09. The zero-order valence-electron chi connectivity index (χ0n) is 12.3. The highest BCUT2D eigenvalue weighted by molar-refractivity contribution is 5.28. The van der Waals surface area contributed by atoms with Gasteiger partial charge in [0.1, 0.15) is 11.6 Å². The third-order valence-corrected chi connectivity index (χ3v) is 4.08. The van der Waals surface area contributed by atoms with Gasteiger partial charge in [-0.25, -0.2) is 9.97 Å². The molecule has 0 spiro atoms. The summed E-state index contributed by atoms with van der Waals surface area (Å²) >= 11 is 0. The van der Waals surface area contributed by atoms with Crippen molar-refractivity contribution in [1.82, 2.24) is 19.4 Å². The van der Waals surface area contributed by atoms with E-state index in [0.29, 0.717) is 5.92 Å². The van der Waals surface area contributed by atoms with E-state index in [4.69, 9.17) is 4.98 Å². The van der Waals surface area contributed by atoms with Crippen LogP contribution >= 0.6 is 0 Å². The Hall–Kier alpha value is -1.68. The molecule has 0 aliphatic carbocycles. The van der Waals surface area contributed by atoms with Crippen molar-refractivity contribution in [3.05, 3.63) is 42.1 Å². The molecule has 1 atom stereocenters. The standard InChI is InChI=1S/C16H22N4/c1-3-15-17-9-11-20(15)16-8-4-7-14(18-16)13-6-5-10-19(2)12-13/h4,7-9,11,13H,3,5-6,10,12H2,1-2H3. The molecule has 2 aromatic rings. The average Bonchev–Trinajstić information content (AvgIpc) is 2.96. The van der Waals surface area contributed by atoms with Crippen molar-refractivity contribution >= 4 is 0 Å². The second-order valence-corrected chi connectivity index (χ2v) is 5.59. The minimum atomic E-state index is 0.558. The van der Waals surface area contributed by atoms with E-state index in [-0.39, 0.29) is 0 Å². The van der Waals surface area contributed by atoms with E-state index in [1.165, 1.54) is 25.1 Å². The van der Waals surface area contributed by atoms with Crippen molar-refractivity contribution in [3.63, 3.8) is 0 Å². The van der Waals surface area contributed by atoms with E-state index in [9.17, 15) is 0 Å². The van der Waals surface area contributed by atoms with Crippen molar-refractivity contribution in [2.75, 3.05) is 20.1 Å². The van der Waals surface area contributed by atoms with Crippen LogP contribution in [0.2, 0.25) is 0 Å². The van der Waals surface area contributed by atoms with Crippen LogP contribution in [0.5, 0.6) is 0 Å². The topological polar surface area (TPSA) is 34.0 Å². The molecule has 4 heteroatoms. The fourth-order valence-electron chi connectivity index (χ4n) is 3.01. The third kappa shape index (κ3) is 2.61. The van der Waals surface area contributed by atoms with Gasteiger partial charge in [0, 0.05) is 37.0 Å². The van der Waals surface area contributed by atoms with Gasteiger partial charge in [-0.3, -0.25) is 4.57 Å². The van der Waals surface area contributed by atoms with Gasteiger partial charge in [-0.2, -0.15) is 0 Å². The Bertz CT molecular complexity index is 575. The van der Waals surface area contributed by atoms with Gasteiger partial charge < -0.3 is 4.90 Å². The van der Waals surface area contributed by atoms with Gasteiger partial charge in [-0.05, 0) is 38.6 Å². The van der Waals surface area contributed by atoms with Gasteiger partial charge >= 0.3 is 0 Å². The molecule has 20 heavy (non-hydrogen) atoms. The molecule has 1 unspecified atom stereocenters. The largest absolute Gasteiger partial charge is 0.306 e. The average molecular weight is 270 g/mol. The summed E-state index contributed by atoms with van der Waals surface area (Å²) in [5.41, 5.74) is 1.21. The molecule has 0 radical (unpaired) electrons. The number of hydrogen-bond donors (Lipinski definition) is 0. The molecule has 0 bridgehead atoms. The second-order valence-electron chi connectivity index (χ2n) is 5.59. The number of likely N-dealkylation sites (N-methyl/N-ethyl adjacent to an activating group) is 1. The van der Waals surface area contributed by atoms with Crippen LogP contribution in [0.15, 0.2) is 30.6 Å². The Labute approximate surface area is 120 Å². The van der Waals surface area contributed by atoms with Gasteiger partial charge in [-0.15, -0.1) is 0 Å². The maximum atomic E-state index is 4.88. The zero-order chi connectivity index (χ0) is 13.9. The molecule has 2 aromatic heterocycles. The van der Waals surface area contributed by atoms with E-state index < -0.39 is 0 Å². The van der Waals surface area contributed by atoms with Crippen LogP contribution in [0.25, 0.3) is 5.82 Å². The number of likely N-dealkylation sites (tertiary alicyclic amines) is 1. The minimum Gasteiger partial charge on any atom is -0.306 e. The summed E-state index contributed by atoms with van der Waals surface area (Å²) in [5.74, 6) is 2.61.